The highest BCUT2D eigenvalue weighted by Crippen LogP contribution is 2.44. The van der Waals surface area contributed by atoms with Crippen LogP contribution in [0.1, 0.15) is 69.1 Å². The number of rotatable bonds is 3. The van der Waals surface area contributed by atoms with Crippen molar-refractivity contribution in [3.05, 3.63) is 22.4 Å². The molecule has 3 N–H and O–H groups in total. The molecule has 3 fully saturated rings. The van der Waals surface area contributed by atoms with E-state index in [1.807, 2.05) is 0 Å². The van der Waals surface area contributed by atoms with Crippen LogP contribution < -0.4 is 11.1 Å². The minimum Gasteiger partial charge on any atom is -0.352 e. The van der Waals surface area contributed by atoms with Gasteiger partial charge in [0.1, 0.15) is 0 Å². The van der Waals surface area contributed by atoms with Crippen molar-refractivity contribution in [3.63, 3.8) is 0 Å². The lowest BCUT2D eigenvalue weighted by Crippen LogP contribution is -2.57. The first kappa shape index (κ1) is 19.2. The molecule has 1 aromatic heterocycles. The van der Waals surface area contributed by atoms with Crippen molar-refractivity contribution in [2.75, 3.05) is 0 Å². The fourth-order valence-electron chi connectivity index (χ4n) is 5.61. The zero-order valence-electron chi connectivity index (χ0n) is 14.9. The van der Waals surface area contributed by atoms with Gasteiger partial charge in [-0.2, -0.15) is 0 Å². The molecule has 140 valence electrons. The van der Waals surface area contributed by atoms with E-state index in [1.165, 1.54) is 43.4 Å². The third-order valence-electron chi connectivity index (χ3n) is 6.81. The van der Waals surface area contributed by atoms with Crippen LogP contribution in [-0.4, -0.2) is 18.0 Å². The van der Waals surface area contributed by atoms with Gasteiger partial charge in [-0.15, -0.1) is 23.7 Å². The summed E-state index contributed by atoms with van der Waals surface area (Å²) in [6.45, 7) is 0. The summed E-state index contributed by atoms with van der Waals surface area (Å²) in [6.07, 6.45) is 11.6. The Hall–Kier alpha value is -0.580. The summed E-state index contributed by atoms with van der Waals surface area (Å²) in [4.78, 5) is 14.7. The summed E-state index contributed by atoms with van der Waals surface area (Å²) in [5.74, 6) is 1.50. The molecular formula is C20H31ClN2OS. The van der Waals surface area contributed by atoms with Crippen molar-refractivity contribution in [2.24, 2.45) is 17.6 Å². The Kier molecular flexibility index (Phi) is 6.12. The van der Waals surface area contributed by atoms with Crippen LogP contribution in [0.2, 0.25) is 0 Å². The third-order valence-corrected chi connectivity index (χ3v) is 7.88. The maximum Gasteiger partial charge on any atom is 0.231 e. The van der Waals surface area contributed by atoms with Gasteiger partial charge in [0.05, 0.1) is 5.41 Å². The maximum absolute atomic E-state index is 13.5. The number of thiophene rings is 1. The second-order valence-electron chi connectivity index (χ2n) is 8.30. The Labute approximate surface area is 161 Å². The van der Waals surface area contributed by atoms with Gasteiger partial charge >= 0.3 is 0 Å². The van der Waals surface area contributed by atoms with Gasteiger partial charge in [-0.25, -0.2) is 0 Å². The van der Waals surface area contributed by atoms with E-state index < -0.39 is 0 Å². The van der Waals surface area contributed by atoms with E-state index in [9.17, 15) is 4.79 Å². The molecule has 3 nitrogen and oxygen atoms in total. The number of halogens is 1. The van der Waals surface area contributed by atoms with Gasteiger partial charge in [-0.05, 0) is 61.8 Å². The summed E-state index contributed by atoms with van der Waals surface area (Å²) in [5.41, 5.74) is 5.99. The average Bonchev–Trinajstić information content (AvgIpc) is 3.11. The molecule has 1 heterocycles. The van der Waals surface area contributed by atoms with Gasteiger partial charge in [0.2, 0.25) is 5.91 Å². The van der Waals surface area contributed by atoms with Crippen LogP contribution in [0.4, 0.5) is 0 Å². The predicted molar refractivity (Wildman–Crippen MR) is 106 cm³/mol. The molecule has 0 saturated heterocycles. The molecule has 2 unspecified atom stereocenters. The highest BCUT2D eigenvalue weighted by molar-refractivity contribution is 7.10. The SMILES string of the molecule is Cl.NC1CC2CCCC(C1)C2NC(=O)C1(c2cccs2)CCCCC1. The van der Waals surface area contributed by atoms with Crippen LogP contribution in [-0.2, 0) is 10.2 Å². The zero-order valence-corrected chi connectivity index (χ0v) is 16.5. The fraction of sp³-hybridized carbons (Fsp3) is 0.750. The highest BCUT2D eigenvalue weighted by Gasteiger charge is 2.46. The van der Waals surface area contributed by atoms with Crippen molar-refractivity contribution in [3.8, 4) is 0 Å². The minimum atomic E-state index is -0.264. The van der Waals surface area contributed by atoms with E-state index in [1.54, 1.807) is 11.3 Å². The van der Waals surface area contributed by atoms with E-state index in [4.69, 9.17) is 5.73 Å². The summed E-state index contributed by atoms with van der Waals surface area (Å²) in [6, 6.07) is 4.98. The second-order valence-corrected chi connectivity index (χ2v) is 9.25. The first-order valence-electron chi connectivity index (χ1n) is 9.79. The Morgan fingerprint density at radius 1 is 1.12 bits per heavy atom. The molecule has 0 spiro atoms. The number of nitrogens with two attached hydrogens (primary N) is 1. The van der Waals surface area contributed by atoms with Gasteiger partial charge in [0.25, 0.3) is 0 Å². The third kappa shape index (κ3) is 3.63. The van der Waals surface area contributed by atoms with E-state index in [0.717, 1.165) is 25.7 Å². The average molecular weight is 383 g/mol. The second kappa shape index (κ2) is 7.98. The molecule has 3 aliphatic rings. The van der Waals surface area contributed by atoms with E-state index in [2.05, 4.69) is 22.8 Å². The smallest absolute Gasteiger partial charge is 0.231 e. The summed E-state index contributed by atoms with van der Waals surface area (Å²) < 4.78 is 0. The van der Waals surface area contributed by atoms with E-state index >= 15 is 0 Å². The molecule has 4 rings (SSSR count). The Balaban J connectivity index is 0.00000182. The molecule has 3 aliphatic carbocycles. The summed E-state index contributed by atoms with van der Waals surface area (Å²) in [7, 11) is 0. The molecule has 0 aromatic carbocycles. The number of amides is 1. The van der Waals surface area contributed by atoms with Gasteiger partial charge in [-0.1, -0.05) is 31.7 Å². The van der Waals surface area contributed by atoms with E-state index in [0.29, 0.717) is 29.8 Å². The van der Waals surface area contributed by atoms with Gasteiger partial charge in [-0.3, -0.25) is 4.79 Å². The molecule has 3 saturated carbocycles. The number of hydrogen-bond acceptors (Lipinski definition) is 3. The van der Waals surface area contributed by atoms with Gasteiger partial charge in [0.15, 0.2) is 0 Å². The molecule has 5 heteroatoms. The molecule has 1 aromatic rings. The molecule has 2 atom stereocenters. The van der Waals surface area contributed by atoms with Gasteiger partial charge in [0, 0.05) is 17.0 Å². The monoisotopic (exact) mass is 382 g/mol. The van der Waals surface area contributed by atoms with Crippen molar-refractivity contribution >= 4 is 29.7 Å². The Morgan fingerprint density at radius 2 is 1.80 bits per heavy atom. The fourth-order valence-corrected chi connectivity index (χ4v) is 6.59. The number of hydrogen-bond donors (Lipinski definition) is 2. The standard InChI is InChI=1S/C20H30N2OS.ClH/c21-16-12-14-6-4-7-15(13-16)18(14)22-19(23)20(9-2-1-3-10-20)17-8-5-11-24-17;/h5,8,11,14-16,18H,1-4,6-7,9-10,12-13,21H2,(H,22,23);1H. The number of fused-ring (bicyclic) bond motifs is 2. The predicted octanol–water partition coefficient (Wildman–Crippen LogP) is 4.39. The number of carbonyl (C=O) groups excluding carboxylic acids is 1. The van der Waals surface area contributed by atoms with Crippen LogP contribution in [0.15, 0.2) is 17.5 Å². The largest absolute Gasteiger partial charge is 0.352 e. The van der Waals surface area contributed by atoms with Crippen molar-refractivity contribution in [1.82, 2.24) is 5.32 Å². The molecular weight excluding hydrogens is 352 g/mol. The van der Waals surface area contributed by atoms with Crippen LogP contribution >= 0.6 is 23.7 Å². The lowest BCUT2D eigenvalue weighted by atomic mass is 9.66. The van der Waals surface area contributed by atoms with Gasteiger partial charge < -0.3 is 11.1 Å². The highest BCUT2D eigenvalue weighted by atomic mass is 35.5. The number of nitrogens with one attached hydrogen (secondary N) is 1. The zero-order chi connectivity index (χ0) is 16.6. The summed E-state index contributed by atoms with van der Waals surface area (Å²) in [5, 5.41) is 5.67. The molecule has 1 amide bonds. The van der Waals surface area contributed by atoms with Crippen molar-refractivity contribution in [2.45, 2.75) is 81.7 Å². The molecule has 0 radical (unpaired) electrons. The molecule has 2 bridgehead atoms. The van der Waals surface area contributed by atoms with Crippen LogP contribution in [0, 0.1) is 11.8 Å². The van der Waals surface area contributed by atoms with E-state index in [-0.39, 0.29) is 17.8 Å². The molecule has 25 heavy (non-hydrogen) atoms. The Morgan fingerprint density at radius 3 is 2.40 bits per heavy atom. The van der Waals surface area contributed by atoms with Crippen LogP contribution in [0.25, 0.3) is 0 Å². The van der Waals surface area contributed by atoms with Crippen molar-refractivity contribution < 1.29 is 4.79 Å². The van der Waals surface area contributed by atoms with Crippen LogP contribution in [0.5, 0.6) is 0 Å². The topological polar surface area (TPSA) is 55.1 Å². The first-order valence-corrected chi connectivity index (χ1v) is 10.7. The van der Waals surface area contributed by atoms with Crippen molar-refractivity contribution in [1.29, 1.82) is 0 Å². The maximum atomic E-state index is 13.5. The summed E-state index contributed by atoms with van der Waals surface area (Å²) >= 11 is 1.76. The number of carbonyl (C=O) groups is 1. The first-order chi connectivity index (χ1) is 11.7. The lowest BCUT2D eigenvalue weighted by molar-refractivity contribution is -0.130. The molecule has 0 aliphatic heterocycles. The normalized spacial score (nSPS) is 34.0. The van der Waals surface area contributed by atoms with Crippen LogP contribution in [0.3, 0.4) is 0 Å². The lowest BCUT2D eigenvalue weighted by Gasteiger charge is -2.47. The minimum absolute atomic E-state index is 0. The quantitative estimate of drug-likeness (QED) is 0.814. The Bertz CT molecular complexity index is 556.